The summed E-state index contributed by atoms with van der Waals surface area (Å²) in [5.74, 6) is 0.695. The number of hydrogen-bond donors (Lipinski definition) is 2. The zero-order chi connectivity index (χ0) is 25.7. The Kier molecular flexibility index (Phi) is 8.88. The summed E-state index contributed by atoms with van der Waals surface area (Å²) in [7, 11) is 0. The van der Waals surface area contributed by atoms with Crippen LogP contribution in [-0.2, 0) is 6.61 Å². The predicted molar refractivity (Wildman–Crippen MR) is 144 cm³/mol. The van der Waals surface area contributed by atoms with E-state index in [4.69, 9.17) is 27.9 Å². The molecule has 0 saturated heterocycles. The van der Waals surface area contributed by atoms with Crippen LogP contribution in [0.25, 0.3) is 0 Å². The molecule has 2 atom stereocenters. The van der Waals surface area contributed by atoms with E-state index in [-0.39, 0.29) is 23.9 Å². The third kappa shape index (κ3) is 6.78. The van der Waals surface area contributed by atoms with E-state index in [0.717, 1.165) is 36.4 Å². The fourth-order valence-corrected chi connectivity index (χ4v) is 5.39. The zero-order valence-electron chi connectivity index (χ0n) is 20.2. The van der Waals surface area contributed by atoms with Crippen molar-refractivity contribution in [3.63, 3.8) is 0 Å². The summed E-state index contributed by atoms with van der Waals surface area (Å²) < 4.78 is 5.84. The Morgan fingerprint density at radius 1 is 1.03 bits per heavy atom. The second kappa shape index (κ2) is 12.1. The maximum absolute atomic E-state index is 12.9. The van der Waals surface area contributed by atoms with Gasteiger partial charge in [0.2, 0.25) is 0 Å². The molecule has 9 heteroatoms. The van der Waals surface area contributed by atoms with Crippen molar-refractivity contribution >= 4 is 46.4 Å². The summed E-state index contributed by atoms with van der Waals surface area (Å²) in [6.45, 7) is 4.59. The largest absolute Gasteiger partial charge is 0.486 e. The molecule has 2 N–H and O–H groups in total. The predicted octanol–water partition coefficient (Wildman–Crippen LogP) is 6.62. The average molecular weight is 547 g/mol. The van der Waals surface area contributed by atoms with E-state index in [1.807, 2.05) is 12.1 Å². The third-order valence-electron chi connectivity index (χ3n) is 6.27. The zero-order valence-corrected chi connectivity index (χ0v) is 22.6. The molecule has 1 aromatic heterocycles. The summed E-state index contributed by atoms with van der Waals surface area (Å²) >= 11 is 13.5. The summed E-state index contributed by atoms with van der Waals surface area (Å²) in [5.41, 5.74) is 1.97. The van der Waals surface area contributed by atoms with Crippen LogP contribution >= 0.6 is 34.5 Å². The molecule has 0 bridgehead atoms. The van der Waals surface area contributed by atoms with Crippen molar-refractivity contribution in [1.29, 1.82) is 0 Å². The topological polar surface area (TPSA) is 80.3 Å². The monoisotopic (exact) mass is 545 g/mol. The van der Waals surface area contributed by atoms with Crippen LogP contribution in [0.15, 0.2) is 47.8 Å². The maximum Gasteiger partial charge on any atom is 0.271 e. The molecular formula is C27H29Cl2N3O3S. The normalized spacial score (nSPS) is 17.6. The molecular weight excluding hydrogens is 517 g/mol. The van der Waals surface area contributed by atoms with Crippen molar-refractivity contribution < 1.29 is 14.3 Å². The average Bonchev–Trinajstić information content (AvgIpc) is 3.33. The summed E-state index contributed by atoms with van der Waals surface area (Å²) in [6, 6.07) is 12.4. The fourth-order valence-electron chi connectivity index (χ4n) is 4.21. The number of aromatic nitrogens is 1. The van der Waals surface area contributed by atoms with Crippen LogP contribution in [0, 0.1) is 0 Å². The van der Waals surface area contributed by atoms with E-state index in [0.29, 0.717) is 33.8 Å². The Morgan fingerprint density at radius 2 is 1.69 bits per heavy atom. The minimum Gasteiger partial charge on any atom is -0.486 e. The molecule has 0 radical (unpaired) electrons. The van der Waals surface area contributed by atoms with Crippen LogP contribution in [-0.4, -0.2) is 28.9 Å². The highest BCUT2D eigenvalue weighted by Gasteiger charge is 2.29. The van der Waals surface area contributed by atoms with Crippen molar-refractivity contribution in [3.05, 3.63) is 79.7 Å². The molecule has 1 fully saturated rings. The van der Waals surface area contributed by atoms with Crippen LogP contribution in [0.1, 0.15) is 76.9 Å². The highest BCUT2D eigenvalue weighted by Crippen LogP contribution is 2.24. The first-order chi connectivity index (χ1) is 17.3. The van der Waals surface area contributed by atoms with Gasteiger partial charge in [0.1, 0.15) is 23.1 Å². The van der Waals surface area contributed by atoms with Crippen molar-refractivity contribution in [2.24, 2.45) is 0 Å². The Labute approximate surface area is 225 Å². The molecule has 3 aromatic rings. The van der Waals surface area contributed by atoms with E-state index >= 15 is 0 Å². The number of carbonyl (C=O) groups is 2. The third-order valence-corrected chi connectivity index (χ3v) is 7.64. The molecule has 0 spiro atoms. The van der Waals surface area contributed by atoms with E-state index < -0.39 is 0 Å². The van der Waals surface area contributed by atoms with Crippen LogP contribution in [0.3, 0.4) is 0 Å². The van der Waals surface area contributed by atoms with Crippen LogP contribution in [0.4, 0.5) is 0 Å². The lowest BCUT2D eigenvalue weighted by molar-refractivity contribution is 0.0860. The van der Waals surface area contributed by atoms with Crippen molar-refractivity contribution in [1.82, 2.24) is 15.6 Å². The van der Waals surface area contributed by atoms with Gasteiger partial charge >= 0.3 is 0 Å². The first-order valence-corrected chi connectivity index (χ1v) is 13.7. The highest BCUT2D eigenvalue weighted by molar-refractivity contribution is 7.09. The molecule has 1 aliphatic rings. The van der Waals surface area contributed by atoms with Gasteiger partial charge in [-0.2, -0.15) is 0 Å². The number of benzene rings is 2. The quantitative estimate of drug-likeness (QED) is 0.333. The lowest BCUT2D eigenvalue weighted by atomic mass is 9.90. The van der Waals surface area contributed by atoms with Crippen LogP contribution in [0.5, 0.6) is 5.75 Å². The number of carbonyl (C=O) groups excluding carboxylic acids is 2. The maximum atomic E-state index is 12.9. The number of thiazole rings is 1. The number of nitrogens with zero attached hydrogens (tertiary/aromatic N) is 1. The molecule has 190 valence electrons. The minimum atomic E-state index is -0.280. The minimum absolute atomic E-state index is 0.192. The summed E-state index contributed by atoms with van der Waals surface area (Å²) in [6.07, 6.45) is 3.50. The molecule has 2 amide bonds. The van der Waals surface area contributed by atoms with Gasteiger partial charge in [0, 0.05) is 22.5 Å². The first-order valence-electron chi connectivity index (χ1n) is 12.0. The Morgan fingerprint density at radius 3 is 2.33 bits per heavy atom. The lowest BCUT2D eigenvalue weighted by Gasteiger charge is -2.32. The van der Waals surface area contributed by atoms with Crippen molar-refractivity contribution in [2.75, 3.05) is 0 Å². The van der Waals surface area contributed by atoms with Gasteiger partial charge < -0.3 is 15.4 Å². The number of nitrogens with one attached hydrogen (secondary N) is 2. The number of rotatable bonds is 8. The SMILES string of the molecule is CC(C)c1ccc(OCc2nc(C(=O)N[C@H]3CCCC[C@H]3NC(=O)c3ccc(Cl)cc3Cl)cs2)cc1. The molecule has 1 aliphatic carbocycles. The lowest BCUT2D eigenvalue weighted by Crippen LogP contribution is -2.53. The highest BCUT2D eigenvalue weighted by atomic mass is 35.5. The number of ether oxygens (including phenoxy) is 1. The van der Waals surface area contributed by atoms with Crippen LogP contribution in [0.2, 0.25) is 10.0 Å². The van der Waals surface area contributed by atoms with Gasteiger partial charge in [0.25, 0.3) is 11.8 Å². The van der Waals surface area contributed by atoms with Crippen LogP contribution < -0.4 is 15.4 Å². The molecule has 0 aliphatic heterocycles. The van der Waals surface area contributed by atoms with Crippen molar-refractivity contribution in [3.8, 4) is 5.75 Å². The number of halogens is 2. The fraction of sp³-hybridized carbons (Fsp3) is 0.370. The van der Waals surface area contributed by atoms with E-state index in [9.17, 15) is 9.59 Å². The molecule has 4 rings (SSSR count). The molecule has 2 aromatic carbocycles. The first kappa shape index (κ1) is 26.5. The smallest absolute Gasteiger partial charge is 0.271 e. The van der Waals surface area contributed by atoms with Crippen molar-refractivity contribution in [2.45, 2.75) is 64.1 Å². The Hall–Kier alpha value is -2.61. The van der Waals surface area contributed by atoms with E-state index in [1.54, 1.807) is 23.6 Å². The second-order valence-corrected chi connectivity index (χ2v) is 11.0. The molecule has 6 nitrogen and oxygen atoms in total. The van der Waals surface area contributed by atoms with E-state index in [2.05, 4.69) is 41.6 Å². The van der Waals surface area contributed by atoms with Gasteiger partial charge in [0.05, 0.1) is 10.6 Å². The second-order valence-electron chi connectivity index (χ2n) is 9.21. The summed E-state index contributed by atoms with van der Waals surface area (Å²) in [4.78, 5) is 30.2. The van der Waals surface area contributed by atoms with Gasteiger partial charge in [-0.05, 0) is 54.7 Å². The van der Waals surface area contributed by atoms with Gasteiger partial charge in [0.15, 0.2) is 0 Å². The van der Waals surface area contributed by atoms with Gasteiger partial charge in [-0.25, -0.2) is 4.98 Å². The molecule has 1 heterocycles. The Balaban J connectivity index is 1.33. The van der Waals surface area contributed by atoms with Gasteiger partial charge in [-0.1, -0.05) is 62.0 Å². The Bertz CT molecular complexity index is 1210. The van der Waals surface area contributed by atoms with E-state index in [1.165, 1.54) is 16.9 Å². The van der Waals surface area contributed by atoms with Gasteiger partial charge in [-0.15, -0.1) is 11.3 Å². The molecule has 1 saturated carbocycles. The number of hydrogen-bond acceptors (Lipinski definition) is 5. The molecule has 0 unspecified atom stereocenters. The number of amides is 2. The standard InChI is InChI=1S/C27H29Cl2N3O3S/c1-16(2)17-7-10-19(11-8-17)35-14-25-30-24(15-36-25)27(34)32-23-6-4-3-5-22(23)31-26(33)20-12-9-18(28)13-21(20)29/h7-13,15-16,22-23H,3-6,14H2,1-2H3,(H,31,33)(H,32,34)/t22-,23+/m1/s1. The summed E-state index contributed by atoms with van der Waals surface area (Å²) in [5, 5.41) is 9.33. The molecule has 36 heavy (non-hydrogen) atoms. The van der Waals surface area contributed by atoms with Gasteiger partial charge in [-0.3, -0.25) is 9.59 Å².